The van der Waals surface area contributed by atoms with Gasteiger partial charge in [-0.25, -0.2) is 0 Å². The Morgan fingerprint density at radius 2 is 1.96 bits per heavy atom. The van der Waals surface area contributed by atoms with Crippen LogP contribution in [-0.4, -0.2) is 30.1 Å². The van der Waals surface area contributed by atoms with Gasteiger partial charge in [0, 0.05) is 23.1 Å². The van der Waals surface area contributed by atoms with Gasteiger partial charge in [0.1, 0.15) is 23.4 Å². The smallest absolute Gasteiger partial charge is 0.150 e. The molecule has 0 saturated carbocycles. The summed E-state index contributed by atoms with van der Waals surface area (Å²) < 4.78 is 6.42. The largest absolute Gasteiger partial charge is 0.507 e. The third-order valence-corrected chi connectivity index (χ3v) is 5.02. The molecule has 4 rings (SSSR count). The van der Waals surface area contributed by atoms with Crippen LogP contribution in [0, 0.1) is 0 Å². The number of aldehydes is 1. The molecule has 1 fully saturated rings. The van der Waals surface area contributed by atoms with Crippen LogP contribution in [0.1, 0.15) is 40.7 Å². The Bertz CT molecular complexity index is 833. The molecule has 0 aliphatic carbocycles. The van der Waals surface area contributed by atoms with Crippen molar-refractivity contribution in [3.05, 3.63) is 65.2 Å². The van der Waals surface area contributed by atoms with E-state index in [2.05, 4.69) is 11.4 Å². The predicted octanol–water partition coefficient (Wildman–Crippen LogP) is 3.54. The third kappa shape index (κ3) is 2.94. The fraction of sp³-hybridized carbons (Fsp3) is 0.286. The van der Waals surface area contributed by atoms with E-state index in [9.17, 15) is 9.90 Å². The summed E-state index contributed by atoms with van der Waals surface area (Å²) in [6, 6.07) is 13.0. The van der Waals surface area contributed by atoms with Crippen molar-refractivity contribution in [1.82, 2.24) is 5.32 Å². The fourth-order valence-electron chi connectivity index (χ4n) is 3.75. The number of hydrogen-bond donors (Lipinski definition) is 2. The fourth-order valence-corrected chi connectivity index (χ4v) is 3.75. The van der Waals surface area contributed by atoms with E-state index in [1.165, 1.54) is 6.07 Å². The van der Waals surface area contributed by atoms with Gasteiger partial charge >= 0.3 is 0 Å². The zero-order valence-electron chi connectivity index (χ0n) is 14.0. The zero-order chi connectivity index (χ0) is 17.3. The molecule has 1 unspecified atom stereocenters. The first kappa shape index (κ1) is 15.9. The summed E-state index contributed by atoms with van der Waals surface area (Å²) in [6.45, 7) is 1.90. The number of carbonyl (C=O) groups is 1. The monoisotopic (exact) mass is 335 g/mol. The van der Waals surface area contributed by atoms with E-state index in [1.54, 1.807) is 6.07 Å². The van der Waals surface area contributed by atoms with E-state index >= 15 is 0 Å². The maximum absolute atomic E-state index is 11.0. The number of phenols is 1. The first-order valence-corrected chi connectivity index (χ1v) is 8.71. The van der Waals surface area contributed by atoms with Gasteiger partial charge in [0.05, 0.1) is 0 Å². The number of nitrogens with one attached hydrogen (secondary N) is 1. The van der Waals surface area contributed by atoms with Gasteiger partial charge in [0.15, 0.2) is 0 Å². The number of fused-ring (bicyclic) bond motifs is 1. The van der Waals surface area contributed by atoms with E-state index in [-0.39, 0.29) is 11.4 Å². The van der Waals surface area contributed by atoms with Crippen molar-refractivity contribution < 1.29 is 14.6 Å². The van der Waals surface area contributed by atoms with Gasteiger partial charge in [-0.05, 0) is 55.8 Å². The lowest BCUT2D eigenvalue weighted by molar-refractivity contribution is 0.103. The molecule has 0 radical (unpaired) electrons. The molecule has 0 amide bonds. The number of benzene rings is 2. The van der Waals surface area contributed by atoms with E-state index in [0.717, 1.165) is 61.1 Å². The summed E-state index contributed by atoms with van der Waals surface area (Å²) in [5.41, 5.74) is 2.79. The van der Waals surface area contributed by atoms with Crippen LogP contribution in [0.4, 0.5) is 0 Å². The molecule has 0 aromatic heterocycles. The molecule has 4 nitrogen and oxygen atoms in total. The van der Waals surface area contributed by atoms with Crippen molar-refractivity contribution in [3.8, 4) is 11.5 Å². The lowest BCUT2D eigenvalue weighted by atomic mass is 9.84. The Hall–Kier alpha value is -2.59. The second-order valence-corrected chi connectivity index (χ2v) is 6.72. The van der Waals surface area contributed by atoms with Gasteiger partial charge in [-0.1, -0.05) is 24.3 Å². The molecule has 1 atom stereocenters. The van der Waals surface area contributed by atoms with Gasteiger partial charge in [0.25, 0.3) is 0 Å². The Labute approximate surface area is 147 Å². The van der Waals surface area contributed by atoms with Gasteiger partial charge in [-0.2, -0.15) is 0 Å². The molecule has 2 aromatic rings. The third-order valence-electron chi connectivity index (χ3n) is 5.02. The number of hydrogen-bond acceptors (Lipinski definition) is 4. The highest BCUT2D eigenvalue weighted by Crippen LogP contribution is 2.44. The molecule has 4 heteroatoms. The zero-order valence-corrected chi connectivity index (χ0v) is 14.0. The van der Waals surface area contributed by atoms with Crippen LogP contribution in [0.25, 0.3) is 5.57 Å². The van der Waals surface area contributed by atoms with Crippen molar-refractivity contribution in [2.24, 2.45) is 0 Å². The first-order chi connectivity index (χ1) is 12.2. The van der Waals surface area contributed by atoms with Crippen LogP contribution in [0.2, 0.25) is 0 Å². The van der Waals surface area contributed by atoms with Gasteiger partial charge in [-0.3, -0.25) is 4.79 Å². The summed E-state index contributed by atoms with van der Waals surface area (Å²) in [4.78, 5) is 11.0. The van der Waals surface area contributed by atoms with E-state index in [0.29, 0.717) is 5.56 Å². The van der Waals surface area contributed by atoms with E-state index in [1.807, 2.05) is 30.3 Å². The molecule has 2 aliphatic heterocycles. The van der Waals surface area contributed by atoms with Gasteiger partial charge < -0.3 is 15.2 Å². The molecule has 128 valence electrons. The highest BCUT2D eigenvalue weighted by atomic mass is 16.5. The predicted molar refractivity (Wildman–Crippen MR) is 97.1 cm³/mol. The maximum atomic E-state index is 11.0. The molecule has 2 aromatic carbocycles. The van der Waals surface area contributed by atoms with Crippen molar-refractivity contribution in [1.29, 1.82) is 0 Å². The van der Waals surface area contributed by atoms with Crippen LogP contribution < -0.4 is 10.1 Å². The normalized spacial score (nSPS) is 22.5. The number of rotatable bonds is 2. The molecule has 2 aliphatic rings. The molecule has 1 spiro atoms. The Kier molecular flexibility index (Phi) is 4.06. The topological polar surface area (TPSA) is 58.6 Å². The summed E-state index contributed by atoms with van der Waals surface area (Å²) in [6.07, 6.45) is 5.78. The number of aromatic hydroxyl groups is 1. The minimum absolute atomic E-state index is 0.120. The first-order valence-electron chi connectivity index (χ1n) is 8.71. The Morgan fingerprint density at radius 3 is 2.80 bits per heavy atom. The van der Waals surface area contributed by atoms with Gasteiger partial charge in [0.2, 0.25) is 0 Å². The Morgan fingerprint density at radius 1 is 1.08 bits per heavy atom. The Balaban J connectivity index is 1.87. The summed E-state index contributed by atoms with van der Waals surface area (Å²) in [7, 11) is 0. The second-order valence-electron chi connectivity index (χ2n) is 6.72. The van der Waals surface area contributed by atoms with Crippen molar-refractivity contribution >= 4 is 11.9 Å². The van der Waals surface area contributed by atoms with Crippen molar-refractivity contribution in [2.75, 3.05) is 13.1 Å². The van der Waals surface area contributed by atoms with E-state index < -0.39 is 0 Å². The SMILES string of the molecule is O=Cc1ccc(C2=CC3(CCCNCC3)Oc3ccccc32)c(O)c1. The van der Waals surface area contributed by atoms with Crippen molar-refractivity contribution in [3.63, 3.8) is 0 Å². The van der Waals surface area contributed by atoms with Crippen LogP contribution in [0.3, 0.4) is 0 Å². The standard InChI is InChI=1S/C21H21NO3/c23-14-15-6-7-16(19(24)12-15)18-13-21(8-3-10-22-11-9-21)25-20-5-2-1-4-17(18)20/h1-2,4-7,12-14,22,24H,3,8-11H2. The second kappa shape index (κ2) is 6.37. The molecule has 25 heavy (non-hydrogen) atoms. The van der Waals surface area contributed by atoms with Gasteiger partial charge in [-0.15, -0.1) is 0 Å². The lowest BCUT2D eigenvalue weighted by Crippen LogP contribution is -2.37. The van der Waals surface area contributed by atoms with E-state index in [4.69, 9.17) is 4.74 Å². The average molecular weight is 335 g/mol. The number of phenolic OH excluding ortho intramolecular Hbond substituents is 1. The summed E-state index contributed by atoms with van der Waals surface area (Å²) in [5.74, 6) is 0.968. The number of ether oxygens (including phenoxy) is 1. The quantitative estimate of drug-likeness (QED) is 0.824. The van der Waals surface area contributed by atoms with Crippen LogP contribution in [-0.2, 0) is 0 Å². The summed E-state index contributed by atoms with van der Waals surface area (Å²) >= 11 is 0. The molecular formula is C21H21NO3. The van der Waals surface area contributed by atoms with Crippen LogP contribution in [0.15, 0.2) is 48.5 Å². The summed E-state index contributed by atoms with van der Waals surface area (Å²) in [5, 5.41) is 13.9. The maximum Gasteiger partial charge on any atom is 0.150 e. The molecule has 2 heterocycles. The van der Waals surface area contributed by atoms with Crippen LogP contribution >= 0.6 is 0 Å². The minimum Gasteiger partial charge on any atom is -0.507 e. The molecule has 1 saturated heterocycles. The number of carbonyl (C=O) groups excluding carboxylic acids is 1. The minimum atomic E-state index is -0.358. The van der Waals surface area contributed by atoms with Crippen molar-refractivity contribution in [2.45, 2.75) is 24.9 Å². The highest BCUT2D eigenvalue weighted by Gasteiger charge is 2.36. The lowest BCUT2D eigenvalue weighted by Gasteiger charge is -2.36. The average Bonchev–Trinajstić information content (AvgIpc) is 2.86. The highest BCUT2D eigenvalue weighted by molar-refractivity contribution is 5.88. The molecule has 0 bridgehead atoms. The molecule has 2 N–H and O–H groups in total. The van der Waals surface area contributed by atoms with Crippen LogP contribution in [0.5, 0.6) is 11.5 Å². The molecular weight excluding hydrogens is 314 g/mol. The number of para-hydroxylation sites is 1.